The van der Waals surface area contributed by atoms with Gasteiger partial charge in [-0.05, 0) is 0 Å². The number of carbonyl (C=O) groups is 3. The largest absolute Gasteiger partial charge is 0.481 e. The van der Waals surface area contributed by atoms with Gasteiger partial charge in [0.25, 0.3) is 0 Å². The summed E-state index contributed by atoms with van der Waals surface area (Å²) in [7, 11) is 0. The van der Waals surface area contributed by atoms with Crippen LogP contribution in [-0.2, 0) is 14.4 Å². The Balaban J connectivity index is 4.47. The van der Waals surface area contributed by atoms with Crippen molar-refractivity contribution in [1.29, 1.82) is 0 Å². The fraction of sp³-hybridized carbons (Fsp3) is 0.375. The molecule has 0 rings (SSSR count). The lowest BCUT2D eigenvalue weighted by Crippen LogP contribution is -2.42. The van der Waals surface area contributed by atoms with E-state index in [4.69, 9.17) is 10.2 Å². The first-order valence-electron chi connectivity index (χ1n) is 4.17. The summed E-state index contributed by atoms with van der Waals surface area (Å²) in [4.78, 5) is 31.5. The Labute approximate surface area is 92.7 Å². The highest BCUT2D eigenvalue weighted by Crippen LogP contribution is 2.12. The van der Waals surface area contributed by atoms with Gasteiger partial charge in [0.05, 0.1) is 12.8 Å². The molecule has 1 atom stereocenters. The molecule has 0 aromatic heterocycles. The Morgan fingerprint density at radius 3 is 2.00 bits per heavy atom. The number of carboxylic acid groups (broad SMARTS) is 2. The van der Waals surface area contributed by atoms with E-state index in [0.717, 1.165) is 0 Å². The molecule has 3 N–H and O–H groups in total. The topological polar surface area (TPSA) is 104 Å². The molecule has 0 aromatic rings. The highest BCUT2D eigenvalue weighted by molar-refractivity contribution is 5.87. The zero-order valence-corrected chi connectivity index (χ0v) is 8.24. The Bertz CT molecular complexity index is 364. The molecule has 0 heterocycles. The first-order chi connectivity index (χ1) is 7.73. The van der Waals surface area contributed by atoms with Gasteiger partial charge in [-0.1, -0.05) is 0 Å². The lowest BCUT2D eigenvalue weighted by atomic mass is 10.2. The van der Waals surface area contributed by atoms with Crippen LogP contribution in [0.15, 0.2) is 11.9 Å². The zero-order chi connectivity index (χ0) is 13.6. The van der Waals surface area contributed by atoms with E-state index in [0.29, 0.717) is 0 Å². The van der Waals surface area contributed by atoms with Gasteiger partial charge in [0.15, 0.2) is 5.83 Å². The van der Waals surface area contributed by atoms with Crippen molar-refractivity contribution in [3.05, 3.63) is 11.9 Å². The van der Waals surface area contributed by atoms with E-state index in [-0.39, 0.29) is 0 Å². The summed E-state index contributed by atoms with van der Waals surface area (Å²) in [6.45, 7) is 0. The first kappa shape index (κ1) is 14.9. The van der Waals surface area contributed by atoms with E-state index in [1.807, 2.05) is 0 Å². The van der Waals surface area contributed by atoms with Crippen LogP contribution in [0.25, 0.3) is 0 Å². The second kappa shape index (κ2) is 6.51. The molecule has 0 aliphatic heterocycles. The van der Waals surface area contributed by atoms with E-state index in [1.54, 1.807) is 5.32 Å². The number of aliphatic carboxylic acids is 2. The summed E-state index contributed by atoms with van der Waals surface area (Å²) in [5.74, 6) is -6.51. The minimum Gasteiger partial charge on any atom is -0.481 e. The summed E-state index contributed by atoms with van der Waals surface area (Å²) in [5.41, 5.74) is 0. The molecule has 9 heteroatoms. The van der Waals surface area contributed by atoms with Crippen molar-refractivity contribution in [3.63, 3.8) is 0 Å². The summed E-state index contributed by atoms with van der Waals surface area (Å²) < 4.78 is 35.5. The van der Waals surface area contributed by atoms with Crippen LogP contribution in [0.5, 0.6) is 0 Å². The first-order valence-corrected chi connectivity index (χ1v) is 4.17. The van der Waals surface area contributed by atoms with Crippen molar-refractivity contribution in [3.8, 4) is 0 Å². The van der Waals surface area contributed by atoms with Gasteiger partial charge in [-0.3, -0.25) is 9.59 Å². The maximum absolute atomic E-state index is 12.3. The maximum atomic E-state index is 12.3. The lowest BCUT2D eigenvalue weighted by Gasteiger charge is -2.11. The highest BCUT2D eigenvalue weighted by Gasteiger charge is 2.24. The molecule has 0 fully saturated rings. The van der Waals surface area contributed by atoms with Crippen molar-refractivity contribution >= 4 is 17.8 Å². The smallest absolute Gasteiger partial charge is 0.326 e. The number of amides is 1. The molecule has 0 aliphatic rings. The number of nitrogens with one attached hydrogen (secondary N) is 1. The summed E-state index contributed by atoms with van der Waals surface area (Å²) in [6, 6.07) is -1.80. The Kier molecular flexibility index (Phi) is 5.72. The van der Waals surface area contributed by atoms with Gasteiger partial charge in [-0.2, -0.15) is 8.78 Å². The van der Waals surface area contributed by atoms with Crippen LogP contribution in [-0.4, -0.2) is 34.1 Å². The molecule has 0 aromatic carbocycles. The van der Waals surface area contributed by atoms with E-state index < -0.39 is 48.6 Å². The number of hydrogen-bond acceptors (Lipinski definition) is 3. The van der Waals surface area contributed by atoms with Gasteiger partial charge in [-0.25, -0.2) is 9.18 Å². The van der Waals surface area contributed by atoms with E-state index >= 15 is 0 Å². The van der Waals surface area contributed by atoms with E-state index in [2.05, 4.69) is 0 Å². The van der Waals surface area contributed by atoms with Crippen LogP contribution in [0.1, 0.15) is 12.8 Å². The van der Waals surface area contributed by atoms with E-state index in [9.17, 15) is 27.6 Å². The Morgan fingerprint density at radius 2 is 1.65 bits per heavy atom. The third kappa shape index (κ3) is 6.17. The van der Waals surface area contributed by atoms with Crippen LogP contribution >= 0.6 is 0 Å². The van der Waals surface area contributed by atoms with Crippen molar-refractivity contribution in [2.24, 2.45) is 0 Å². The predicted molar refractivity (Wildman–Crippen MR) is 46.8 cm³/mol. The average molecular weight is 255 g/mol. The minimum atomic E-state index is -2.69. The van der Waals surface area contributed by atoms with Crippen LogP contribution in [0.4, 0.5) is 13.2 Å². The normalized spacial score (nSPS) is 11.5. The van der Waals surface area contributed by atoms with Gasteiger partial charge < -0.3 is 15.5 Å². The minimum absolute atomic E-state index is 0.940. The molecular weight excluding hydrogens is 247 g/mol. The summed E-state index contributed by atoms with van der Waals surface area (Å²) >= 11 is 0. The van der Waals surface area contributed by atoms with Crippen molar-refractivity contribution in [2.45, 2.75) is 18.9 Å². The number of rotatable bonds is 6. The van der Waals surface area contributed by atoms with Crippen LogP contribution in [0.2, 0.25) is 0 Å². The quantitative estimate of drug-likeness (QED) is 0.641. The molecule has 0 radical (unpaired) electrons. The molecule has 0 saturated heterocycles. The van der Waals surface area contributed by atoms with Crippen LogP contribution in [0.3, 0.4) is 0 Å². The monoisotopic (exact) mass is 255 g/mol. The van der Waals surface area contributed by atoms with Gasteiger partial charge in [0.2, 0.25) is 5.91 Å². The number of hydrogen-bond donors (Lipinski definition) is 3. The van der Waals surface area contributed by atoms with Gasteiger partial charge in [0, 0.05) is 0 Å². The van der Waals surface area contributed by atoms with Crippen molar-refractivity contribution < 1.29 is 37.8 Å². The fourth-order valence-corrected chi connectivity index (χ4v) is 0.828. The van der Waals surface area contributed by atoms with Crippen LogP contribution < -0.4 is 5.32 Å². The third-order valence-electron chi connectivity index (χ3n) is 1.53. The number of halogens is 3. The molecule has 1 amide bonds. The number of carboxylic acids is 2. The standard InChI is InChI=1S/C8H8F3NO5/c9-3(7(10)11)1-5(13)12-4(8(16)17)2-6(14)15/h4H,1-2H2,(H,12,13)(H,14,15)(H,16,17)/t4-/m0/s1. The van der Waals surface area contributed by atoms with Crippen LogP contribution in [0, 0.1) is 0 Å². The lowest BCUT2D eigenvalue weighted by molar-refractivity contribution is -0.147. The molecule has 0 saturated carbocycles. The predicted octanol–water partition coefficient (Wildman–Crippen LogP) is 0.498. The van der Waals surface area contributed by atoms with Crippen molar-refractivity contribution in [2.75, 3.05) is 0 Å². The second-order valence-corrected chi connectivity index (χ2v) is 2.90. The molecule has 6 nitrogen and oxygen atoms in total. The van der Waals surface area contributed by atoms with Gasteiger partial charge in [0.1, 0.15) is 6.04 Å². The molecule has 17 heavy (non-hydrogen) atoms. The molecule has 0 spiro atoms. The Hall–Kier alpha value is -2.06. The summed E-state index contributed by atoms with van der Waals surface area (Å²) in [5, 5.41) is 18.4. The fourth-order valence-electron chi connectivity index (χ4n) is 0.828. The van der Waals surface area contributed by atoms with Crippen molar-refractivity contribution in [1.82, 2.24) is 5.32 Å². The van der Waals surface area contributed by atoms with Gasteiger partial charge >= 0.3 is 18.0 Å². The maximum Gasteiger partial charge on any atom is 0.326 e. The third-order valence-corrected chi connectivity index (χ3v) is 1.53. The zero-order valence-electron chi connectivity index (χ0n) is 8.24. The Morgan fingerprint density at radius 1 is 1.12 bits per heavy atom. The summed E-state index contributed by atoms with van der Waals surface area (Å²) in [6.07, 6.45) is -4.97. The average Bonchev–Trinajstić information content (AvgIpc) is 2.15. The van der Waals surface area contributed by atoms with E-state index in [1.165, 1.54) is 0 Å². The number of carbonyl (C=O) groups excluding carboxylic acids is 1. The SMILES string of the molecule is O=C(O)C[C@H](NC(=O)CC(F)=C(F)F)C(=O)O. The molecular formula is C8H8F3NO5. The highest BCUT2D eigenvalue weighted by atomic mass is 19.3. The molecule has 0 unspecified atom stereocenters. The molecule has 0 bridgehead atoms. The second-order valence-electron chi connectivity index (χ2n) is 2.90. The molecule has 0 aliphatic carbocycles. The molecule has 96 valence electrons. The van der Waals surface area contributed by atoms with Gasteiger partial charge in [-0.15, -0.1) is 0 Å².